The van der Waals surface area contributed by atoms with E-state index in [-0.39, 0.29) is 16.1 Å². The number of ether oxygens (including phenoxy) is 1. The van der Waals surface area contributed by atoms with Crippen molar-refractivity contribution < 1.29 is 14.5 Å². The molecule has 0 radical (unpaired) electrons. The molecule has 0 spiro atoms. The predicted octanol–water partition coefficient (Wildman–Crippen LogP) is 4.93. The SMILES string of the molecule is CC(C)(C)OC(=O)c1ccc([N+](=O)[O-])c(NC23CC4CC(CC(C4)C2)C3)c1. The van der Waals surface area contributed by atoms with Gasteiger partial charge in [-0.05, 0) is 89.2 Å². The van der Waals surface area contributed by atoms with E-state index in [9.17, 15) is 14.9 Å². The Bertz CT molecular complexity index is 746. The van der Waals surface area contributed by atoms with Crippen LogP contribution in [0.5, 0.6) is 0 Å². The second kappa shape index (κ2) is 6.21. The first-order valence-corrected chi connectivity index (χ1v) is 9.92. The Kier molecular flexibility index (Phi) is 4.20. The maximum absolute atomic E-state index is 12.4. The summed E-state index contributed by atoms with van der Waals surface area (Å²) >= 11 is 0. The third kappa shape index (κ3) is 3.66. The zero-order chi connectivity index (χ0) is 19.4. The first-order chi connectivity index (χ1) is 12.6. The van der Waals surface area contributed by atoms with Crippen LogP contribution in [0.2, 0.25) is 0 Å². The molecule has 1 aromatic carbocycles. The van der Waals surface area contributed by atoms with Crippen molar-refractivity contribution in [1.82, 2.24) is 0 Å². The van der Waals surface area contributed by atoms with Crippen LogP contribution < -0.4 is 5.32 Å². The summed E-state index contributed by atoms with van der Waals surface area (Å²) < 4.78 is 5.44. The van der Waals surface area contributed by atoms with Crippen molar-refractivity contribution in [1.29, 1.82) is 0 Å². The van der Waals surface area contributed by atoms with E-state index >= 15 is 0 Å². The van der Waals surface area contributed by atoms with E-state index in [1.807, 2.05) is 20.8 Å². The molecular formula is C21H28N2O4. The van der Waals surface area contributed by atoms with Crippen molar-refractivity contribution >= 4 is 17.3 Å². The standard InChI is InChI=1S/C21H28N2O4/c1-20(2,3)27-19(24)16-4-5-18(23(25)26)17(9-16)22-21-10-13-6-14(11-21)8-15(7-13)12-21/h4-5,9,13-15,22H,6-8,10-12H2,1-3H3. The molecule has 0 aliphatic heterocycles. The number of benzene rings is 1. The lowest BCUT2D eigenvalue weighted by molar-refractivity contribution is -0.384. The summed E-state index contributed by atoms with van der Waals surface area (Å²) in [4.78, 5) is 23.6. The lowest BCUT2D eigenvalue weighted by atomic mass is 9.53. The number of hydrogen-bond acceptors (Lipinski definition) is 5. The normalized spacial score (nSPS) is 31.6. The number of hydrogen-bond donors (Lipinski definition) is 1. The summed E-state index contributed by atoms with van der Waals surface area (Å²) in [6.45, 7) is 5.43. The Morgan fingerprint density at radius 3 is 2.19 bits per heavy atom. The molecule has 0 amide bonds. The first-order valence-electron chi connectivity index (χ1n) is 9.92. The van der Waals surface area contributed by atoms with Gasteiger partial charge in [0.15, 0.2) is 0 Å². The van der Waals surface area contributed by atoms with Crippen LogP contribution in [-0.4, -0.2) is 22.0 Å². The van der Waals surface area contributed by atoms with Crippen molar-refractivity contribution in [2.45, 2.75) is 70.4 Å². The molecule has 0 saturated heterocycles. The van der Waals surface area contributed by atoms with Crippen molar-refractivity contribution in [2.75, 3.05) is 5.32 Å². The summed E-state index contributed by atoms with van der Waals surface area (Å²) in [5.41, 5.74) is 0.157. The first kappa shape index (κ1) is 18.3. The number of rotatable bonds is 4. The quantitative estimate of drug-likeness (QED) is 0.460. The number of nitro benzene ring substituents is 1. The number of nitro groups is 1. The van der Waals surface area contributed by atoms with Crippen molar-refractivity contribution in [3.05, 3.63) is 33.9 Å². The monoisotopic (exact) mass is 372 g/mol. The number of anilines is 1. The minimum atomic E-state index is -0.605. The smallest absolute Gasteiger partial charge is 0.338 e. The molecule has 4 aliphatic carbocycles. The van der Waals surface area contributed by atoms with E-state index in [1.54, 1.807) is 6.07 Å². The third-order valence-electron chi connectivity index (χ3n) is 6.27. The molecule has 4 aliphatic rings. The lowest BCUT2D eigenvalue weighted by Crippen LogP contribution is -2.54. The minimum Gasteiger partial charge on any atom is -0.456 e. The Morgan fingerprint density at radius 2 is 1.70 bits per heavy atom. The topological polar surface area (TPSA) is 81.5 Å². The fraction of sp³-hybridized carbons (Fsp3) is 0.667. The second-order valence-electron chi connectivity index (χ2n) is 9.81. The summed E-state index contributed by atoms with van der Waals surface area (Å²) in [6.07, 6.45) is 7.15. The highest BCUT2D eigenvalue weighted by molar-refractivity contribution is 5.92. The molecule has 146 valence electrons. The molecule has 6 nitrogen and oxygen atoms in total. The van der Waals surface area contributed by atoms with Gasteiger partial charge in [-0.1, -0.05) is 0 Å². The second-order valence-corrected chi connectivity index (χ2v) is 9.81. The molecular weight excluding hydrogens is 344 g/mol. The molecule has 1 N–H and O–H groups in total. The van der Waals surface area contributed by atoms with Crippen molar-refractivity contribution in [3.8, 4) is 0 Å². The van der Waals surface area contributed by atoms with Crippen LogP contribution in [0.1, 0.15) is 69.7 Å². The zero-order valence-electron chi connectivity index (χ0n) is 16.3. The zero-order valence-corrected chi connectivity index (χ0v) is 16.3. The van der Waals surface area contributed by atoms with E-state index in [2.05, 4.69) is 5.32 Å². The number of nitrogens with zero attached hydrogens (tertiary/aromatic N) is 1. The van der Waals surface area contributed by atoms with Crippen LogP contribution in [0.25, 0.3) is 0 Å². The summed E-state index contributed by atoms with van der Waals surface area (Å²) in [6, 6.07) is 4.50. The summed E-state index contributed by atoms with van der Waals surface area (Å²) in [5, 5.41) is 15.1. The van der Waals surface area contributed by atoms with E-state index in [0.29, 0.717) is 11.3 Å². The van der Waals surface area contributed by atoms with Crippen LogP contribution >= 0.6 is 0 Å². The van der Waals surface area contributed by atoms with Crippen LogP contribution in [-0.2, 0) is 4.74 Å². The highest BCUT2D eigenvalue weighted by Gasteiger charge is 2.51. The Morgan fingerprint density at radius 1 is 1.15 bits per heavy atom. The van der Waals surface area contributed by atoms with Crippen LogP contribution in [0.4, 0.5) is 11.4 Å². The molecule has 4 fully saturated rings. The maximum atomic E-state index is 12.4. The molecule has 5 rings (SSSR count). The van der Waals surface area contributed by atoms with Gasteiger partial charge in [-0.25, -0.2) is 4.79 Å². The van der Waals surface area contributed by atoms with Gasteiger partial charge in [-0.3, -0.25) is 10.1 Å². The molecule has 0 heterocycles. The summed E-state index contributed by atoms with van der Waals surface area (Å²) in [7, 11) is 0. The van der Waals surface area contributed by atoms with Gasteiger partial charge in [0.2, 0.25) is 0 Å². The largest absolute Gasteiger partial charge is 0.456 e. The van der Waals surface area contributed by atoms with Crippen LogP contribution in [0, 0.1) is 27.9 Å². The van der Waals surface area contributed by atoms with E-state index in [0.717, 1.165) is 37.0 Å². The fourth-order valence-electron chi connectivity index (χ4n) is 5.81. The molecule has 4 saturated carbocycles. The molecule has 4 bridgehead atoms. The van der Waals surface area contributed by atoms with E-state index in [1.165, 1.54) is 31.4 Å². The van der Waals surface area contributed by atoms with Gasteiger partial charge in [0, 0.05) is 11.6 Å². The highest BCUT2D eigenvalue weighted by atomic mass is 16.6. The van der Waals surface area contributed by atoms with Gasteiger partial charge in [0.1, 0.15) is 11.3 Å². The summed E-state index contributed by atoms with van der Waals surface area (Å²) in [5.74, 6) is 1.75. The highest BCUT2D eigenvalue weighted by Crippen LogP contribution is 2.57. The number of esters is 1. The molecule has 0 aromatic heterocycles. The van der Waals surface area contributed by atoms with Crippen molar-refractivity contribution in [3.63, 3.8) is 0 Å². The Labute approximate surface area is 159 Å². The molecule has 27 heavy (non-hydrogen) atoms. The molecule has 0 unspecified atom stereocenters. The number of nitrogens with one attached hydrogen (secondary N) is 1. The van der Waals surface area contributed by atoms with Gasteiger partial charge < -0.3 is 10.1 Å². The van der Waals surface area contributed by atoms with Gasteiger partial charge in [0.25, 0.3) is 5.69 Å². The van der Waals surface area contributed by atoms with Gasteiger partial charge in [0.05, 0.1) is 10.5 Å². The van der Waals surface area contributed by atoms with Gasteiger partial charge >= 0.3 is 5.97 Å². The average molecular weight is 372 g/mol. The lowest BCUT2D eigenvalue weighted by Gasteiger charge is -2.57. The molecule has 6 heteroatoms. The molecule has 0 atom stereocenters. The maximum Gasteiger partial charge on any atom is 0.338 e. The Hall–Kier alpha value is -2.11. The van der Waals surface area contributed by atoms with Crippen LogP contribution in [0.3, 0.4) is 0 Å². The minimum absolute atomic E-state index is 0.0260. The van der Waals surface area contributed by atoms with E-state index in [4.69, 9.17) is 4.74 Å². The average Bonchev–Trinajstić information content (AvgIpc) is 2.51. The molecule has 1 aromatic rings. The van der Waals surface area contributed by atoms with Gasteiger partial charge in [-0.15, -0.1) is 0 Å². The Balaban J connectivity index is 1.63. The number of carbonyl (C=O) groups excluding carboxylic acids is 1. The third-order valence-corrected chi connectivity index (χ3v) is 6.27. The predicted molar refractivity (Wildman–Crippen MR) is 103 cm³/mol. The van der Waals surface area contributed by atoms with Crippen LogP contribution in [0.15, 0.2) is 18.2 Å². The fourth-order valence-corrected chi connectivity index (χ4v) is 5.81. The van der Waals surface area contributed by atoms with E-state index < -0.39 is 11.6 Å². The number of carbonyl (C=O) groups is 1. The van der Waals surface area contributed by atoms with Gasteiger partial charge in [-0.2, -0.15) is 0 Å². The van der Waals surface area contributed by atoms with Crippen molar-refractivity contribution in [2.24, 2.45) is 17.8 Å².